The van der Waals surface area contributed by atoms with Gasteiger partial charge in [0.25, 0.3) is 0 Å². The van der Waals surface area contributed by atoms with E-state index >= 15 is 0 Å². The Morgan fingerprint density at radius 1 is 1.42 bits per heavy atom. The number of benzene rings is 1. The molecule has 1 aromatic rings. The van der Waals surface area contributed by atoms with Crippen LogP contribution in [-0.2, 0) is 9.59 Å². The lowest BCUT2D eigenvalue weighted by molar-refractivity contribution is -0.148. The van der Waals surface area contributed by atoms with Crippen LogP contribution in [0.3, 0.4) is 0 Å². The smallest absolute Gasteiger partial charge is 0.331 e. The maximum atomic E-state index is 11.9. The molecule has 1 amide bonds. The molecule has 1 aliphatic rings. The van der Waals surface area contributed by atoms with Crippen molar-refractivity contribution < 1.29 is 14.7 Å². The Hall–Kier alpha value is -1.26. The van der Waals surface area contributed by atoms with Crippen molar-refractivity contribution in [3.8, 4) is 0 Å². The topological polar surface area (TPSA) is 57.6 Å². The second-order valence-electron chi connectivity index (χ2n) is 4.56. The summed E-state index contributed by atoms with van der Waals surface area (Å²) in [6.45, 7) is 0.377. The standard InChI is InChI=1S/C13H13Cl2NO3/c14-6-8-5-11(17)16(7-8)12(13(18)19)9-1-3-10(15)4-2-9/h1-4,8,12H,5-7H2,(H,18,19). The van der Waals surface area contributed by atoms with E-state index in [1.54, 1.807) is 24.3 Å². The van der Waals surface area contributed by atoms with E-state index in [4.69, 9.17) is 23.2 Å². The van der Waals surface area contributed by atoms with Crippen LogP contribution >= 0.6 is 23.2 Å². The maximum absolute atomic E-state index is 11.9. The van der Waals surface area contributed by atoms with E-state index in [1.165, 1.54) is 4.90 Å². The molecule has 2 unspecified atom stereocenters. The third kappa shape index (κ3) is 3.01. The number of carboxylic acid groups (broad SMARTS) is 1. The normalized spacial score (nSPS) is 20.6. The molecule has 1 fully saturated rings. The number of carbonyl (C=O) groups is 2. The molecule has 102 valence electrons. The third-order valence-corrected chi connectivity index (χ3v) is 3.88. The lowest BCUT2D eigenvalue weighted by Crippen LogP contribution is -2.35. The molecule has 0 radical (unpaired) electrons. The maximum Gasteiger partial charge on any atom is 0.331 e. The van der Waals surface area contributed by atoms with Crippen LogP contribution in [0.5, 0.6) is 0 Å². The Labute approximate surface area is 120 Å². The van der Waals surface area contributed by atoms with Gasteiger partial charge < -0.3 is 10.0 Å². The number of rotatable bonds is 4. The molecule has 0 saturated carbocycles. The van der Waals surface area contributed by atoms with Gasteiger partial charge >= 0.3 is 5.97 Å². The zero-order valence-corrected chi connectivity index (χ0v) is 11.6. The molecule has 0 aliphatic carbocycles. The molecule has 2 rings (SSSR count). The lowest BCUT2D eigenvalue weighted by atomic mass is 10.1. The number of alkyl halides is 1. The first-order valence-electron chi connectivity index (χ1n) is 5.86. The summed E-state index contributed by atoms with van der Waals surface area (Å²) < 4.78 is 0. The number of aliphatic carboxylic acids is 1. The van der Waals surface area contributed by atoms with Crippen molar-refractivity contribution in [2.75, 3.05) is 12.4 Å². The highest BCUT2D eigenvalue weighted by Gasteiger charge is 2.38. The van der Waals surface area contributed by atoms with Gasteiger partial charge in [-0.05, 0) is 23.6 Å². The van der Waals surface area contributed by atoms with Gasteiger partial charge in [-0.2, -0.15) is 0 Å². The zero-order valence-electron chi connectivity index (χ0n) is 10.1. The number of amides is 1. The summed E-state index contributed by atoms with van der Waals surface area (Å²) in [5.74, 6) is -0.850. The summed E-state index contributed by atoms with van der Waals surface area (Å²) in [6, 6.07) is 5.52. The second-order valence-corrected chi connectivity index (χ2v) is 5.31. The van der Waals surface area contributed by atoms with E-state index in [1.807, 2.05) is 0 Å². The molecule has 1 N–H and O–H groups in total. The van der Waals surface area contributed by atoms with Crippen LogP contribution in [0.15, 0.2) is 24.3 Å². The first kappa shape index (κ1) is 14.2. The molecule has 19 heavy (non-hydrogen) atoms. The van der Waals surface area contributed by atoms with E-state index in [0.29, 0.717) is 29.4 Å². The summed E-state index contributed by atoms with van der Waals surface area (Å²) in [5.41, 5.74) is 0.542. The molecule has 0 bridgehead atoms. The van der Waals surface area contributed by atoms with Gasteiger partial charge in [0, 0.05) is 23.9 Å². The Morgan fingerprint density at radius 2 is 2.05 bits per heavy atom. The molecule has 1 aromatic carbocycles. The number of likely N-dealkylation sites (tertiary alicyclic amines) is 1. The fourth-order valence-electron chi connectivity index (χ4n) is 2.26. The Kier molecular flexibility index (Phi) is 4.32. The number of hydrogen-bond acceptors (Lipinski definition) is 2. The predicted octanol–water partition coefficient (Wildman–Crippen LogP) is 2.55. The number of nitrogens with zero attached hydrogens (tertiary/aromatic N) is 1. The van der Waals surface area contributed by atoms with Gasteiger partial charge in [0.15, 0.2) is 6.04 Å². The quantitative estimate of drug-likeness (QED) is 0.870. The largest absolute Gasteiger partial charge is 0.479 e. The van der Waals surface area contributed by atoms with Crippen LogP contribution in [0.4, 0.5) is 0 Å². The minimum absolute atomic E-state index is 0.0170. The van der Waals surface area contributed by atoms with E-state index in [2.05, 4.69) is 0 Å². The molecular formula is C13H13Cl2NO3. The van der Waals surface area contributed by atoms with Crippen LogP contribution < -0.4 is 0 Å². The molecule has 1 saturated heterocycles. The summed E-state index contributed by atoms with van der Waals surface area (Å²) in [4.78, 5) is 24.7. The third-order valence-electron chi connectivity index (χ3n) is 3.19. The van der Waals surface area contributed by atoms with E-state index in [-0.39, 0.29) is 11.8 Å². The van der Waals surface area contributed by atoms with Crippen molar-refractivity contribution in [3.63, 3.8) is 0 Å². The highest BCUT2D eigenvalue weighted by molar-refractivity contribution is 6.30. The summed E-state index contributed by atoms with van der Waals surface area (Å²) in [7, 11) is 0. The average molecular weight is 302 g/mol. The van der Waals surface area contributed by atoms with Crippen LogP contribution in [-0.4, -0.2) is 34.3 Å². The van der Waals surface area contributed by atoms with Crippen molar-refractivity contribution in [3.05, 3.63) is 34.9 Å². The number of carboxylic acids is 1. The molecular weight excluding hydrogens is 289 g/mol. The monoisotopic (exact) mass is 301 g/mol. The van der Waals surface area contributed by atoms with Crippen molar-refractivity contribution in [2.45, 2.75) is 12.5 Å². The number of hydrogen-bond donors (Lipinski definition) is 1. The molecule has 2 atom stereocenters. The molecule has 1 heterocycles. The minimum atomic E-state index is -1.05. The number of carbonyl (C=O) groups excluding carboxylic acids is 1. The lowest BCUT2D eigenvalue weighted by Gasteiger charge is -2.25. The van der Waals surface area contributed by atoms with Crippen molar-refractivity contribution in [2.24, 2.45) is 5.92 Å². The summed E-state index contributed by atoms with van der Waals surface area (Å²) in [5, 5.41) is 9.90. The first-order chi connectivity index (χ1) is 9.02. The van der Waals surface area contributed by atoms with Crippen LogP contribution in [0.2, 0.25) is 5.02 Å². The summed E-state index contributed by atoms with van der Waals surface area (Å²) >= 11 is 11.5. The van der Waals surface area contributed by atoms with Gasteiger partial charge in [-0.3, -0.25) is 4.79 Å². The number of halogens is 2. The van der Waals surface area contributed by atoms with Gasteiger partial charge in [0.1, 0.15) is 0 Å². The van der Waals surface area contributed by atoms with Gasteiger partial charge in [-0.25, -0.2) is 4.79 Å². The fourth-order valence-corrected chi connectivity index (χ4v) is 2.60. The SMILES string of the molecule is O=C(O)C(c1ccc(Cl)cc1)N1CC(CCl)CC1=O. The first-order valence-corrected chi connectivity index (χ1v) is 6.78. The van der Waals surface area contributed by atoms with Crippen LogP contribution in [0.25, 0.3) is 0 Å². The van der Waals surface area contributed by atoms with Gasteiger partial charge in [0.05, 0.1) is 0 Å². The van der Waals surface area contributed by atoms with E-state index < -0.39 is 12.0 Å². The molecule has 0 aromatic heterocycles. The van der Waals surface area contributed by atoms with Gasteiger partial charge in [-0.15, -0.1) is 11.6 Å². The Bertz CT molecular complexity index is 489. The highest BCUT2D eigenvalue weighted by atomic mass is 35.5. The molecule has 0 spiro atoms. The molecule has 1 aliphatic heterocycles. The Balaban J connectivity index is 2.28. The van der Waals surface area contributed by atoms with Crippen molar-refractivity contribution in [1.29, 1.82) is 0 Å². The van der Waals surface area contributed by atoms with Gasteiger partial charge in [-0.1, -0.05) is 23.7 Å². The summed E-state index contributed by atoms with van der Waals surface area (Å²) in [6.07, 6.45) is 0.306. The van der Waals surface area contributed by atoms with Gasteiger partial charge in [0.2, 0.25) is 5.91 Å². The van der Waals surface area contributed by atoms with E-state index in [9.17, 15) is 14.7 Å². The van der Waals surface area contributed by atoms with Crippen LogP contribution in [0, 0.1) is 5.92 Å². The Morgan fingerprint density at radius 3 is 2.53 bits per heavy atom. The van der Waals surface area contributed by atoms with Crippen molar-refractivity contribution in [1.82, 2.24) is 4.90 Å². The highest BCUT2D eigenvalue weighted by Crippen LogP contribution is 2.30. The van der Waals surface area contributed by atoms with E-state index in [0.717, 1.165) is 0 Å². The van der Waals surface area contributed by atoms with Crippen LogP contribution in [0.1, 0.15) is 18.0 Å². The zero-order chi connectivity index (χ0) is 14.0. The fraction of sp³-hybridized carbons (Fsp3) is 0.385. The second kappa shape index (κ2) is 5.80. The predicted molar refractivity (Wildman–Crippen MR) is 72.4 cm³/mol. The van der Waals surface area contributed by atoms with Crippen molar-refractivity contribution >= 4 is 35.1 Å². The average Bonchev–Trinajstić information content (AvgIpc) is 2.73. The molecule has 6 heteroatoms. The minimum Gasteiger partial charge on any atom is -0.479 e. The molecule has 4 nitrogen and oxygen atoms in total.